The van der Waals surface area contributed by atoms with Gasteiger partial charge in [-0.15, -0.1) is 10.2 Å². The highest BCUT2D eigenvalue weighted by molar-refractivity contribution is 7.86. The SMILES string of the molecule is CCN(CCCCS(=O)(=O)O)c1ccc(N=Nc2c(C#N)cnn2-c2c(Cl)cc(NCOc3cc(S(=O)(=O)O)cc(S(=O)(=O)O)c3)cc2Cl)c(NC(C)=O)c1. The Morgan fingerprint density at radius 2 is 1.60 bits per heavy atom. The van der Waals surface area contributed by atoms with Crippen LogP contribution in [0.2, 0.25) is 10.0 Å². The Balaban J connectivity index is 1.59. The van der Waals surface area contributed by atoms with Gasteiger partial charge in [-0.1, -0.05) is 23.2 Å². The molecule has 294 valence electrons. The number of halogens is 2. The lowest BCUT2D eigenvalue weighted by molar-refractivity contribution is -0.114. The van der Waals surface area contributed by atoms with E-state index >= 15 is 0 Å². The van der Waals surface area contributed by atoms with Crippen molar-refractivity contribution in [2.45, 2.75) is 36.5 Å². The summed E-state index contributed by atoms with van der Waals surface area (Å²) in [4.78, 5) is 12.4. The van der Waals surface area contributed by atoms with Crippen molar-refractivity contribution in [3.05, 3.63) is 70.3 Å². The molecule has 1 heterocycles. The van der Waals surface area contributed by atoms with Crippen LogP contribution < -0.4 is 20.3 Å². The normalized spacial score (nSPS) is 12.0. The predicted molar refractivity (Wildman–Crippen MR) is 202 cm³/mol. The fourth-order valence-electron chi connectivity index (χ4n) is 4.94. The molecule has 0 fully saturated rings. The van der Waals surface area contributed by atoms with Crippen molar-refractivity contribution in [1.82, 2.24) is 9.78 Å². The third kappa shape index (κ3) is 11.8. The van der Waals surface area contributed by atoms with E-state index in [9.17, 15) is 44.4 Å². The van der Waals surface area contributed by atoms with Crippen LogP contribution in [-0.2, 0) is 35.1 Å². The molecule has 0 aliphatic heterocycles. The zero-order chi connectivity index (χ0) is 40.7. The average Bonchev–Trinajstić information content (AvgIpc) is 3.48. The Morgan fingerprint density at radius 1 is 0.964 bits per heavy atom. The number of hydrogen-bond acceptors (Lipinski definition) is 14. The number of nitrogens with zero attached hydrogens (tertiary/aromatic N) is 6. The van der Waals surface area contributed by atoms with Gasteiger partial charge in [0, 0.05) is 43.5 Å². The molecule has 19 nitrogen and oxygen atoms in total. The van der Waals surface area contributed by atoms with Crippen LogP contribution in [0.25, 0.3) is 5.69 Å². The lowest BCUT2D eigenvalue weighted by Crippen LogP contribution is -2.24. The van der Waals surface area contributed by atoms with Gasteiger partial charge in [0.25, 0.3) is 30.4 Å². The molecule has 0 unspecified atom stereocenters. The van der Waals surface area contributed by atoms with E-state index in [1.54, 1.807) is 18.2 Å². The summed E-state index contributed by atoms with van der Waals surface area (Å²) in [7, 11) is -13.8. The summed E-state index contributed by atoms with van der Waals surface area (Å²) >= 11 is 13.2. The van der Waals surface area contributed by atoms with Crippen molar-refractivity contribution in [3.63, 3.8) is 0 Å². The Kier molecular flexibility index (Phi) is 13.8. The molecule has 0 aliphatic rings. The maximum absolute atomic E-state index is 12.1. The monoisotopic (exact) mass is 858 g/mol. The van der Waals surface area contributed by atoms with Gasteiger partial charge in [0.15, 0.2) is 12.5 Å². The van der Waals surface area contributed by atoms with Gasteiger partial charge in [-0.3, -0.25) is 18.5 Å². The number of carbonyl (C=O) groups excluding carboxylic acids is 1. The van der Waals surface area contributed by atoms with Gasteiger partial charge in [-0.25, -0.2) is 4.68 Å². The fourth-order valence-corrected chi connectivity index (χ4v) is 7.31. The maximum atomic E-state index is 12.1. The highest BCUT2D eigenvalue weighted by atomic mass is 35.5. The molecular weight excluding hydrogens is 827 g/mol. The number of rotatable bonds is 17. The zero-order valence-electron chi connectivity index (χ0n) is 28.7. The number of aromatic nitrogens is 2. The molecule has 0 radical (unpaired) electrons. The average molecular weight is 860 g/mol. The van der Waals surface area contributed by atoms with Crippen LogP contribution in [0, 0.1) is 11.3 Å². The summed E-state index contributed by atoms with van der Waals surface area (Å²) in [5.74, 6) is -1.18. The Bertz CT molecular complexity index is 2430. The number of nitriles is 1. The lowest BCUT2D eigenvalue weighted by Gasteiger charge is -2.24. The Hall–Kier alpha value is -4.86. The topological polar surface area (TPSA) is 283 Å². The summed E-state index contributed by atoms with van der Waals surface area (Å²) in [5.41, 5.74) is 1.52. The molecular formula is C31H32Cl2N8O11S3. The highest BCUT2D eigenvalue weighted by Crippen LogP contribution is 2.37. The molecule has 0 spiro atoms. The van der Waals surface area contributed by atoms with E-state index in [1.165, 1.54) is 29.9 Å². The first-order valence-corrected chi connectivity index (χ1v) is 20.9. The largest absolute Gasteiger partial charge is 0.473 e. The number of unbranched alkanes of at least 4 members (excludes halogenated alkanes) is 1. The maximum Gasteiger partial charge on any atom is 0.294 e. The van der Waals surface area contributed by atoms with Crippen molar-refractivity contribution in [2.24, 2.45) is 10.2 Å². The second kappa shape index (κ2) is 17.7. The molecule has 0 aliphatic carbocycles. The van der Waals surface area contributed by atoms with E-state index in [1.807, 2.05) is 17.9 Å². The minimum Gasteiger partial charge on any atom is -0.473 e. The number of amides is 1. The van der Waals surface area contributed by atoms with Gasteiger partial charge in [0.1, 0.15) is 28.8 Å². The van der Waals surface area contributed by atoms with Gasteiger partial charge in [0.05, 0.1) is 37.5 Å². The van der Waals surface area contributed by atoms with Crippen molar-refractivity contribution in [3.8, 4) is 17.5 Å². The molecule has 0 saturated heterocycles. The molecule has 1 aromatic heterocycles. The van der Waals surface area contributed by atoms with Gasteiger partial charge in [0.2, 0.25) is 5.91 Å². The van der Waals surface area contributed by atoms with E-state index in [0.29, 0.717) is 31.3 Å². The smallest absolute Gasteiger partial charge is 0.294 e. The number of anilines is 3. The van der Waals surface area contributed by atoms with Crippen LogP contribution in [0.3, 0.4) is 0 Å². The second-order valence-corrected chi connectivity index (χ2v) is 16.6. The van der Waals surface area contributed by atoms with E-state index < -0.39 is 52.8 Å². The van der Waals surface area contributed by atoms with Crippen LogP contribution in [0.4, 0.5) is 28.6 Å². The van der Waals surface area contributed by atoms with Crippen molar-refractivity contribution in [1.29, 1.82) is 5.26 Å². The van der Waals surface area contributed by atoms with Crippen LogP contribution in [-0.4, -0.2) is 80.2 Å². The number of ether oxygens (including phenoxy) is 1. The van der Waals surface area contributed by atoms with Crippen LogP contribution in [0.5, 0.6) is 5.75 Å². The van der Waals surface area contributed by atoms with E-state index in [4.69, 9.17) is 32.5 Å². The third-order valence-corrected chi connectivity index (χ3v) is 10.5. The van der Waals surface area contributed by atoms with E-state index in [2.05, 4.69) is 26.0 Å². The number of nitrogens with one attached hydrogen (secondary N) is 2. The molecule has 0 saturated carbocycles. The number of carbonyl (C=O) groups is 1. The third-order valence-electron chi connectivity index (χ3n) is 7.43. The molecule has 4 rings (SSSR count). The van der Waals surface area contributed by atoms with E-state index in [-0.39, 0.29) is 62.1 Å². The summed E-state index contributed by atoms with van der Waals surface area (Å²) in [6.45, 7) is 3.79. The van der Waals surface area contributed by atoms with Crippen LogP contribution in [0.1, 0.15) is 32.3 Å². The molecule has 24 heteroatoms. The summed E-state index contributed by atoms with van der Waals surface area (Å²) < 4.78 is 103. The standard InChI is InChI=1S/C31H32Cl2N8O11S3/c1-3-40(8-4-5-9-53(43,44)45)22-6-7-28(29(12-22)37-19(2)42)38-39-31-20(16-34)17-36-41(31)30-26(32)10-21(11-27(30)33)35-18-52-23-13-24(54(46,47)48)15-25(14-23)55(49,50)51/h6-7,10-15,17,35H,3-5,8-9,18H2,1-2H3,(H,37,42)(H,43,44,45)(H,46,47,48)(H,49,50,51). The van der Waals surface area contributed by atoms with Crippen molar-refractivity contribution >= 4 is 88.0 Å². The molecule has 5 N–H and O–H groups in total. The highest BCUT2D eigenvalue weighted by Gasteiger charge is 2.21. The minimum absolute atomic E-state index is 0.000560. The first-order valence-electron chi connectivity index (χ1n) is 15.7. The summed E-state index contributed by atoms with van der Waals surface area (Å²) in [6, 6.07) is 11.9. The van der Waals surface area contributed by atoms with E-state index in [0.717, 1.165) is 12.1 Å². The van der Waals surface area contributed by atoms with Gasteiger partial charge < -0.3 is 20.3 Å². The summed E-state index contributed by atoms with van der Waals surface area (Å²) in [5, 5.41) is 28.0. The molecule has 1 amide bonds. The zero-order valence-corrected chi connectivity index (χ0v) is 32.7. The fraction of sp³-hybridized carbons (Fsp3) is 0.258. The number of azo groups is 1. The minimum atomic E-state index is -4.86. The quantitative estimate of drug-likeness (QED) is 0.0360. The molecule has 0 atom stereocenters. The second-order valence-electron chi connectivity index (χ2n) is 11.4. The Morgan fingerprint density at radius 3 is 2.15 bits per heavy atom. The Labute approximate surface area is 325 Å². The van der Waals surface area contributed by atoms with Crippen molar-refractivity contribution < 1.29 is 48.4 Å². The number of hydrogen-bond donors (Lipinski definition) is 5. The van der Waals surface area contributed by atoms with Gasteiger partial charge >= 0.3 is 0 Å². The first kappa shape index (κ1) is 42.9. The molecule has 0 bridgehead atoms. The predicted octanol–water partition coefficient (Wildman–Crippen LogP) is 5.86. The first-order chi connectivity index (χ1) is 25.7. The van der Waals surface area contributed by atoms with Crippen LogP contribution >= 0.6 is 23.2 Å². The lowest BCUT2D eigenvalue weighted by atomic mass is 10.2. The number of benzene rings is 3. The van der Waals surface area contributed by atoms with Crippen molar-refractivity contribution in [2.75, 3.05) is 41.1 Å². The van der Waals surface area contributed by atoms with Gasteiger partial charge in [-0.2, -0.15) is 35.6 Å². The molecule has 3 aromatic carbocycles. The van der Waals surface area contributed by atoms with Crippen LogP contribution in [0.15, 0.2) is 74.7 Å². The molecule has 4 aromatic rings. The molecule has 55 heavy (non-hydrogen) atoms. The summed E-state index contributed by atoms with van der Waals surface area (Å²) in [6.07, 6.45) is 1.92. The van der Waals surface area contributed by atoms with Gasteiger partial charge in [-0.05, 0) is 56.2 Å².